The SMILES string of the molecule is C[C@H](OC(=O)c1ccc(Cl)cc1O)C(=O)Nc1ccc(F)cc1Cl. The standard InChI is InChI=1S/C16H12Cl2FNO4/c1-8(15(22)20-13-5-3-10(19)7-12(13)18)24-16(23)11-4-2-9(17)6-14(11)21/h2-8,21H,1H3,(H,20,22)/t8-/m0/s1. The minimum absolute atomic E-state index is 0.0113. The smallest absolute Gasteiger partial charge is 0.342 e. The number of phenols is 1. The minimum Gasteiger partial charge on any atom is -0.507 e. The summed E-state index contributed by atoms with van der Waals surface area (Å²) < 4.78 is 18.0. The van der Waals surface area contributed by atoms with Gasteiger partial charge in [0.2, 0.25) is 0 Å². The summed E-state index contributed by atoms with van der Waals surface area (Å²) in [7, 11) is 0. The Bertz CT molecular complexity index is 798. The first-order chi connectivity index (χ1) is 11.3. The van der Waals surface area contributed by atoms with Crippen molar-refractivity contribution in [3.05, 3.63) is 57.8 Å². The molecular weight excluding hydrogens is 360 g/mol. The van der Waals surface area contributed by atoms with Gasteiger partial charge in [-0.05, 0) is 43.3 Å². The monoisotopic (exact) mass is 371 g/mol. The van der Waals surface area contributed by atoms with Crippen molar-refractivity contribution in [3.8, 4) is 5.75 Å². The molecule has 5 nitrogen and oxygen atoms in total. The molecule has 0 saturated carbocycles. The predicted molar refractivity (Wildman–Crippen MR) is 88.0 cm³/mol. The van der Waals surface area contributed by atoms with E-state index in [4.69, 9.17) is 27.9 Å². The van der Waals surface area contributed by atoms with E-state index >= 15 is 0 Å². The molecular formula is C16H12Cl2FNO4. The molecule has 126 valence electrons. The molecule has 1 amide bonds. The van der Waals surface area contributed by atoms with Gasteiger partial charge in [-0.1, -0.05) is 23.2 Å². The number of aromatic hydroxyl groups is 1. The van der Waals surface area contributed by atoms with Crippen LogP contribution in [0.4, 0.5) is 10.1 Å². The summed E-state index contributed by atoms with van der Waals surface area (Å²) in [4.78, 5) is 24.0. The lowest BCUT2D eigenvalue weighted by Crippen LogP contribution is -2.30. The number of halogens is 3. The molecule has 2 aromatic rings. The molecule has 0 aliphatic heterocycles. The van der Waals surface area contributed by atoms with Crippen LogP contribution < -0.4 is 5.32 Å². The Balaban J connectivity index is 2.04. The number of nitrogens with one attached hydrogen (secondary N) is 1. The van der Waals surface area contributed by atoms with Gasteiger partial charge in [0.25, 0.3) is 5.91 Å². The van der Waals surface area contributed by atoms with E-state index in [1.54, 1.807) is 0 Å². The normalized spacial score (nSPS) is 11.7. The number of carbonyl (C=O) groups is 2. The van der Waals surface area contributed by atoms with Gasteiger partial charge in [0.15, 0.2) is 6.10 Å². The predicted octanol–water partition coefficient (Wildman–Crippen LogP) is 4.02. The molecule has 0 spiro atoms. The third-order valence-electron chi connectivity index (χ3n) is 3.02. The van der Waals surface area contributed by atoms with Crippen molar-refractivity contribution in [1.29, 1.82) is 0 Å². The zero-order valence-corrected chi connectivity index (χ0v) is 13.9. The van der Waals surface area contributed by atoms with Crippen LogP contribution in [-0.4, -0.2) is 23.1 Å². The number of esters is 1. The first kappa shape index (κ1) is 18.0. The number of hydrogen-bond donors (Lipinski definition) is 2. The maximum absolute atomic E-state index is 13.0. The van der Waals surface area contributed by atoms with Crippen molar-refractivity contribution in [2.75, 3.05) is 5.32 Å². The van der Waals surface area contributed by atoms with Crippen LogP contribution in [0.1, 0.15) is 17.3 Å². The number of rotatable bonds is 4. The van der Waals surface area contributed by atoms with Crippen LogP contribution in [0.3, 0.4) is 0 Å². The van der Waals surface area contributed by atoms with Gasteiger partial charge in [-0.15, -0.1) is 0 Å². The molecule has 8 heteroatoms. The van der Waals surface area contributed by atoms with E-state index in [1.165, 1.54) is 31.2 Å². The fourth-order valence-corrected chi connectivity index (χ4v) is 2.16. The zero-order valence-electron chi connectivity index (χ0n) is 12.3. The van der Waals surface area contributed by atoms with Gasteiger partial charge in [-0.25, -0.2) is 9.18 Å². The molecule has 0 aliphatic rings. The molecule has 0 fully saturated rings. The van der Waals surface area contributed by atoms with Gasteiger partial charge in [0, 0.05) is 5.02 Å². The molecule has 24 heavy (non-hydrogen) atoms. The number of benzene rings is 2. The third-order valence-corrected chi connectivity index (χ3v) is 3.57. The van der Waals surface area contributed by atoms with Gasteiger partial charge in [0.05, 0.1) is 10.7 Å². The van der Waals surface area contributed by atoms with Crippen LogP contribution in [0.15, 0.2) is 36.4 Å². The summed E-state index contributed by atoms with van der Waals surface area (Å²) >= 11 is 11.5. The van der Waals surface area contributed by atoms with Crippen molar-refractivity contribution in [2.24, 2.45) is 0 Å². The Morgan fingerprint density at radius 2 is 1.92 bits per heavy atom. The van der Waals surface area contributed by atoms with E-state index < -0.39 is 23.8 Å². The Labute approximate surface area is 147 Å². The van der Waals surface area contributed by atoms with Crippen LogP contribution in [0.5, 0.6) is 5.75 Å². The van der Waals surface area contributed by atoms with Crippen molar-refractivity contribution in [3.63, 3.8) is 0 Å². The lowest BCUT2D eigenvalue weighted by molar-refractivity contribution is -0.123. The molecule has 2 aromatic carbocycles. The summed E-state index contributed by atoms with van der Waals surface area (Å²) in [6.45, 7) is 1.34. The highest BCUT2D eigenvalue weighted by Crippen LogP contribution is 2.24. The van der Waals surface area contributed by atoms with Crippen LogP contribution >= 0.6 is 23.2 Å². The van der Waals surface area contributed by atoms with Gasteiger partial charge < -0.3 is 15.2 Å². The number of hydrogen-bond acceptors (Lipinski definition) is 4. The summed E-state index contributed by atoms with van der Waals surface area (Å²) in [6, 6.07) is 7.32. The Hall–Kier alpha value is -2.31. The molecule has 0 radical (unpaired) electrons. The molecule has 0 aromatic heterocycles. The van der Waals surface area contributed by atoms with E-state index in [-0.39, 0.29) is 27.0 Å². The van der Waals surface area contributed by atoms with Crippen LogP contribution in [-0.2, 0) is 9.53 Å². The van der Waals surface area contributed by atoms with Crippen LogP contribution in [0, 0.1) is 5.82 Å². The second-order valence-electron chi connectivity index (χ2n) is 4.82. The maximum Gasteiger partial charge on any atom is 0.342 e. The number of phenolic OH excluding ortho intramolecular Hbond substituents is 1. The maximum atomic E-state index is 13.0. The highest BCUT2D eigenvalue weighted by molar-refractivity contribution is 6.33. The molecule has 0 unspecified atom stereocenters. The molecule has 2 rings (SSSR count). The Kier molecular flexibility index (Phi) is 5.64. The number of carbonyl (C=O) groups excluding carboxylic acids is 2. The van der Waals surface area contributed by atoms with Gasteiger partial charge >= 0.3 is 5.97 Å². The fraction of sp³-hybridized carbons (Fsp3) is 0.125. The number of ether oxygens (including phenoxy) is 1. The average molecular weight is 372 g/mol. The van der Waals surface area contributed by atoms with Crippen LogP contribution in [0.2, 0.25) is 10.0 Å². The average Bonchev–Trinajstić information content (AvgIpc) is 2.49. The summed E-state index contributed by atoms with van der Waals surface area (Å²) in [5.41, 5.74) is 0.0548. The van der Waals surface area contributed by atoms with Gasteiger partial charge in [-0.2, -0.15) is 0 Å². The zero-order chi connectivity index (χ0) is 17.9. The first-order valence-corrected chi connectivity index (χ1v) is 7.49. The van der Waals surface area contributed by atoms with Crippen molar-refractivity contribution >= 4 is 40.8 Å². The molecule has 0 aliphatic carbocycles. The fourth-order valence-electron chi connectivity index (χ4n) is 1.78. The van der Waals surface area contributed by atoms with Crippen LogP contribution in [0.25, 0.3) is 0 Å². The highest BCUT2D eigenvalue weighted by Gasteiger charge is 2.21. The quantitative estimate of drug-likeness (QED) is 0.795. The molecule has 0 saturated heterocycles. The Morgan fingerprint density at radius 1 is 1.21 bits per heavy atom. The van der Waals surface area contributed by atoms with Gasteiger partial charge in [-0.3, -0.25) is 4.79 Å². The molecule has 1 atom stereocenters. The topological polar surface area (TPSA) is 75.6 Å². The van der Waals surface area contributed by atoms with E-state index in [9.17, 15) is 19.1 Å². The van der Waals surface area contributed by atoms with E-state index in [1.807, 2.05) is 0 Å². The molecule has 2 N–H and O–H groups in total. The second-order valence-corrected chi connectivity index (χ2v) is 5.67. The van der Waals surface area contributed by atoms with E-state index in [2.05, 4.69) is 5.32 Å². The summed E-state index contributed by atoms with van der Waals surface area (Å²) in [5, 5.41) is 12.4. The van der Waals surface area contributed by atoms with E-state index in [0.29, 0.717) is 0 Å². The van der Waals surface area contributed by atoms with Crippen molar-refractivity contribution in [1.82, 2.24) is 0 Å². The van der Waals surface area contributed by atoms with Crippen molar-refractivity contribution < 1.29 is 23.8 Å². The highest BCUT2D eigenvalue weighted by atomic mass is 35.5. The number of anilines is 1. The molecule has 0 heterocycles. The lowest BCUT2D eigenvalue weighted by Gasteiger charge is -2.14. The second kappa shape index (κ2) is 7.51. The summed E-state index contributed by atoms with van der Waals surface area (Å²) in [5.74, 6) is -2.46. The van der Waals surface area contributed by atoms with Gasteiger partial charge in [0.1, 0.15) is 17.1 Å². The summed E-state index contributed by atoms with van der Waals surface area (Å²) in [6.07, 6.45) is -1.17. The number of amides is 1. The molecule has 0 bridgehead atoms. The largest absolute Gasteiger partial charge is 0.507 e. The van der Waals surface area contributed by atoms with Crippen molar-refractivity contribution in [2.45, 2.75) is 13.0 Å². The third kappa shape index (κ3) is 4.37. The lowest BCUT2D eigenvalue weighted by atomic mass is 10.2. The van der Waals surface area contributed by atoms with E-state index in [0.717, 1.165) is 12.1 Å². The first-order valence-electron chi connectivity index (χ1n) is 6.73. The minimum atomic E-state index is -1.17. The Morgan fingerprint density at radius 3 is 2.54 bits per heavy atom.